The highest BCUT2D eigenvalue weighted by Gasteiger charge is 2.29. The normalized spacial score (nSPS) is 15.5. The Kier molecular flexibility index (Phi) is 5.77. The maximum atomic E-state index is 11.9. The molecule has 1 aliphatic carbocycles. The minimum absolute atomic E-state index is 0.129. The van der Waals surface area contributed by atoms with E-state index in [1.165, 1.54) is 0 Å². The highest BCUT2D eigenvalue weighted by Crippen LogP contribution is 2.25. The van der Waals surface area contributed by atoms with Crippen LogP contribution in [0.15, 0.2) is 0 Å². The smallest absolute Gasteiger partial charge is 0.236 e. The van der Waals surface area contributed by atoms with Crippen molar-refractivity contribution in [1.82, 2.24) is 9.80 Å². The van der Waals surface area contributed by atoms with Gasteiger partial charge in [-0.15, -0.1) is 0 Å². The Balaban J connectivity index is 2.30. The SMILES string of the molecule is CCCCN(CCO)CC(=O)N(C)C1CC1. The van der Waals surface area contributed by atoms with Gasteiger partial charge in [0.1, 0.15) is 0 Å². The Bertz CT molecular complexity index is 217. The number of aliphatic hydroxyl groups excluding tert-OH is 1. The van der Waals surface area contributed by atoms with Crippen molar-refractivity contribution in [3.05, 3.63) is 0 Å². The van der Waals surface area contributed by atoms with Crippen molar-refractivity contribution in [1.29, 1.82) is 0 Å². The lowest BCUT2D eigenvalue weighted by Gasteiger charge is -2.24. The first-order valence-corrected chi connectivity index (χ1v) is 6.28. The van der Waals surface area contributed by atoms with Crippen LogP contribution in [0.3, 0.4) is 0 Å². The van der Waals surface area contributed by atoms with E-state index in [9.17, 15) is 4.79 Å². The molecule has 1 fully saturated rings. The van der Waals surface area contributed by atoms with E-state index >= 15 is 0 Å². The molecule has 0 spiro atoms. The van der Waals surface area contributed by atoms with E-state index in [4.69, 9.17) is 5.11 Å². The Morgan fingerprint density at radius 2 is 2.06 bits per heavy atom. The summed E-state index contributed by atoms with van der Waals surface area (Å²) in [5.74, 6) is 0.187. The molecule has 4 nitrogen and oxygen atoms in total. The van der Waals surface area contributed by atoms with Crippen LogP contribution in [0.4, 0.5) is 0 Å². The molecule has 1 rings (SSSR count). The van der Waals surface area contributed by atoms with Gasteiger partial charge in [0.25, 0.3) is 0 Å². The van der Waals surface area contributed by atoms with Crippen molar-refractivity contribution in [3.8, 4) is 0 Å². The van der Waals surface area contributed by atoms with E-state index < -0.39 is 0 Å². The molecule has 0 heterocycles. The zero-order chi connectivity index (χ0) is 12.0. The Labute approximate surface area is 98.2 Å². The highest BCUT2D eigenvalue weighted by molar-refractivity contribution is 5.78. The first-order valence-electron chi connectivity index (χ1n) is 6.28. The number of carbonyl (C=O) groups is 1. The van der Waals surface area contributed by atoms with E-state index in [0.29, 0.717) is 19.1 Å². The number of likely N-dealkylation sites (N-methyl/N-ethyl adjacent to an activating group) is 1. The molecule has 0 radical (unpaired) electrons. The molecule has 1 saturated carbocycles. The van der Waals surface area contributed by atoms with Gasteiger partial charge in [0.15, 0.2) is 0 Å². The topological polar surface area (TPSA) is 43.8 Å². The molecule has 4 heteroatoms. The summed E-state index contributed by atoms with van der Waals surface area (Å²) >= 11 is 0. The van der Waals surface area contributed by atoms with Gasteiger partial charge in [0.05, 0.1) is 13.2 Å². The predicted molar refractivity (Wildman–Crippen MR) is 64.2 cm³/mol. The third-order valence-corrected chi connectivity index (χ3v) is 3.09. The fraction of sp³-hybridized carbons (Fsp3) is 0.917. The Morgan fingerprint density at radius 3 is 2.56 bits per heavy atom. The highest BCUT2D eigenvalue weighted by atomic mass is 16.3. The van der Waals surface area contributed by atoms with Crippen LogP contribution in [-0.4, -0.2) is 60.1 Å². The molecule has 0 unspecified atom stereocenters. The van der Waals surface area contributed by atoms with Crippen LogP contribution in [0.25, 0.3) is 0 Å². The molecule has 16 heavy (non-hydrogen) atoms. The largest absolute Gasteiger partial charge is 0.395 e. The van der Waals surface area contributed by atoms with Crippen molar-refractivity contribution in [2.45, 2.75) is 38.6 Å². The minimum Gasteiger partial charge on any atom is -0.395 e. The molecule has 0 saturated heterocycles. The second-order valence-electron chi connectivity index (χ2n) is 4.59. The van der Waals surface area contributed by atoms with Gasteiger partial charge in [-0.05, 0) is 25.8 Å². The van der Waals surface area contributed by atoms with Gasteiger partial charge >= 0.3 is 0 Å². The number of hydrogen-bond acceptors (Lipinski definition) is 3. The summed E-state index contributed by atoms with van der Waals surface area (Å²) < 4.78 is 0. The van der Waals surface area contributed by atoms with Crippen LogP contribution < -0.4 is 0 Å². The van der Waals surface area contributed by atoms with Gasteiger partial charge < -0.3 is 10.0 Å². The lowest BCUT2D eigenvalue weighted by atomic mass is 10.3. The van der Waals surface area contributed by atoms with Gasteiger partial charge in [-0.3, -0.25) is 9.69 Å². The maximum absolute atomic E-state index is 11.9. The zero-order valence-electron chi connectivity index (χ0n) is 10.5. The van der Waals surface area contributed by atoms with Gasteiger partial charge in [-0.2, -0.15) is 0 Å². The van der Waals surface area contributed by atoms with Gasteiger partial charge in [-0.25, -0.2) is 0 Å². The van der Waals surface area contributed by atoms with E-state index in [1.54, 1.807) is 0 Å². The molecule has 1 amide bonds. The van der Waals surface area contributed by atoms with Crippen molar-refractivity contribution in [3.63, 3.8) is 0 Å². The monoisotopic (exact) mass is 228 g/mol. The van der Waals surface area contributed by atoms with E-state index in [0.717, 1.165) is 32.2 Å². The van der Waals surface area contributed by atoms with E-state index in [1.807, 2.05) is 16.8 Å². The lowest BCUT2D eigenvalue weighted by molar-refractivity contribution is -0.131. The van der Waals surface area contributed by atoms with Crippen LogP contribution in [0, 0.1) is 0 Å². The van der Waals surface area contributed by atoms with Crippen LogP contribution in [0.1, 0.15) is 32.6 Å². The molecule has 0 aromatic carbocycles. The van der Waals surface area contributed by atoms with Crippen molar-refractivity contribution < 1.29 is 9.90 Å². The second-order valence-corrected chi connectivity index (χ2v) is 4.59. The molecule has 0 bridgehead atoms. The van der Waals surface area contributed by atoms with Crippen LogP contribution >= 0.6 is 0 Å². The fourth-order valence-corrected chi connectivity index (χ4v) is 1.76. The van der Waals surface area contributed by atoms with E-state index in [2.05, 4.69) is 6.92 Å². The van der Waals surface area contributed by atoms with Crippen molar-refractivity contribution in [2.24, 2.45) is 0 Å². The second kappa shape index (κ2) is 6.86. The minimum atomic E-state index is 0.129. The predicted octanol–water partition coefficient (Wildman–Crippen LogP) is 0.702. The quantitative estimate of drug-likeness (QED) is 0.665. The van der Waals surface area contributed by atoms with Crippen molar-refractivity contribution in [2.75, 3.05) is 33.3 Å². The number of aliphatic hydroxyl groups is 1. The Hall–Kier alpha value is -0.610. The fourth-order valence-electron chi connectivity index (χ4n) is 1.76. The number of carbonyl (C=O) groups excluding carboxylic acids is 1. The number of hydrogen-bond donors (Lipinski definition) is 1. The van der Waals surface area contributed by atoms with Crippen LogP contribution in [-0.2, 0) is 4.79 Å². The van der Waals surface area contributed by atoms with Gasteiger partial charge in [-0.1, -0.05) is 13.3 Å². The number of nitrogens with zero attached hydrogens (tertiary/aromatic N) is 2. The third-order valence-electron chi connectivity index (χ3n) is 3.09. The summed E-state index contributed by atoms with van der Waals surface area (Å²) in [4.78, 5) is 15.8. The average Bonchev–Trinajstić information content (AvgIpc) is 3.08. The number of rotatable bonds is 8. The van der Waals surface area contributed by atoms with Gasteiger partial charge in [0.2, 0.25) is 5.91 Å². The number of unbranched alkanes of at least 4 members (excludes halogenated alkanes) is 1. The van der Waals surface area contributed by atoms with E-state index in [-0.39, 0.29) is 12.5 Å². The molecule has 94 valence electrons. The molecule has 0 aromatic rings. The van der Waals surface area contributed by atoms with Crippen LogP contribution in [0.5, 0.6) is 0 Å². The molecule has 0 atom stereocenters. The molecular weight excluding hydrogens is 204 g/mol. The summed E-state index contributed by atoms with van der Waals surface area (Å²) in [6.45, 7) is 4.22. The maximum Gasteiger partial charge on any atom is 0.236 e. The molecule has 0 aliphatic heterocycles. The number of amides is 1. The zero-order valence-corrected chi connectivity index (χ0v) is 10.5. The van der Waals surface area contributed by atoms with Crippen molar-refractivity contribution >= 4 is 5.91 Å². The summed E-state index contributed by atoms with van der Waals surface area (Å²) in [6, 6.07) is 0.481. The van der Waals surface area contributed by atoms with Crippen LogP contribution in [0.2, 0.25) is 0 Å². The first kappa shape index (κ1) is 13.5. The molecular formula is C12H24N2O2. The third kappa shape index (κ3) is 4.49. The molecule has 1 aliphatic rings. The first-order chi connectivity index (χ1) is 7.69. The molecule has 0 aromatic heterocycles. The molecule has 1 N–H and O–H groups in total. The summed E-state index contributed by atoms with van der Waals surface area (Å²) in [6.07, 6.45) is 4.50. The Morgan fingerprint density at radius 1 is 1.38 bits per heavy atom. The summed E-state index contributed by atoms with van der Waals surface area (Å²) in [5, 5.41) is 8.94. The average molecular weight is 228 g/mol. The summed E-state index contributed by atoms with van der Waals surface area (Å²) in [7, 11) is 1.89. The summed E-state index contributed by atoms with van der Waals surface area (Å²) in [5.41, 5.74) is 0. The standard InChI is InChI=1S/C12H24N2O2/c1-3-4-7-14(8-9-15)10-12(16)13(2)11-5-6-11/h11,15H,3-10H2,1-2H3. The van der Waals surface area contributed by atoms with Gasteiger partial charge in [0, 0.05) is 19.6 Å². The lowest BCUT2D eigenvalue weighted by Crippen LogP contribution is -2.40.